The quantitative estimate of drug-likeness (QED) is 0.179. The zero-order chi connectivity index (χ0) is 29.2. The molecule has 0 aliphatic rings. The van der Waals surface area contributed by atoms with Crippen molar-refractivity contribution in [2.75, 3.05) is 31.7 Å². The summed E-state index contributed by atoms with van der Waals surface area (Å²) in [7, 11) is 0. The van der Waals surface area contributed by atoms with Crippen LogP contribution in [0.15, 0.2) is 53.5 Å². The summed E-state index contributed by atoms with van der Waals surface area (Å²) in [6, 6.07) is 9.30. The van der Waals surface area contributed by atoms with Crippen molar-refractivity contribution >= 4 is 29.3 Å². The Bertz CT molecular complexity index is 1410. The number of carboxylic acids is 1. The lowest BCUT2D eigenvalue weighted by atomic mass is 10.0. The van der Waals surface area contributed by atoms with Gasteiger partial charge in [0.05, 0.1) is 32.2 Å². The van der Waals surface area contributed by atoms with Crippen LogP contribution in [-0.2, 0) is 11.3 Å². The van der Waals surface area contributed by atoms with E-state index in [2.05, 4.69) is 10.6 Å². The van der Waals surface area contributed by atoms with Crippen LogP contribution in [-0.4, -0.2) is 63.4 Å². The molecule has 2 aromatic carbocycles. The molecule has 214 valence electrons. The van der Waals surface area contributed by atoms with Gasteiger partial charge in [-0.25, -0.2) is 4.79 Å². The first-order valence-corrected chi connectivity index (χ1v) is 12.6. The minimum absolute atomic E-state index is 0.0117. The van der Waals surface area contributed by atoms with Crippen molar-refractivity contribution in [3.8, 4) is 17.2 Å². The van der Waals surface area contributed by atoms with Crippen molar-refractivity contribution in [2.24, 2.45) is 0 Å². The van der Waals surface area contributed by atoms with E-state index in [0.29, 0.717) is 27.6 Å². The van der Waals surface area contributed by atoms with Crippen LogP contribution in [0.5, 0.6) is 17.2 Å². The van der Waals surface area contributed by atoms with E-state index in [0.717, 1.165) is 0 Å². The Morgan fingerprint density at radius 3 is 2.48 bits per heavy atom. The number of pyridine rings is 1. The third-order valence-corrected chi connectivity index (χ3v) is 6.08. The molecule has 0 saturated heterocycles. The summed E-state index contributed by atoms with van der Waals surface area (Å²) in [5.74, 6) is -0.924. The molecule has 6 N–H and O–H groups in total. The van der Waals surface area contributed by atoms with Crippen molar-refractivity contribution in [3.05, 3.63) is 80.7 Å². The number of nitrogens with one attached hydrogen (secondary N) is 2. The third-order valence-electron chi connectivity index (χ3n) is 5.73. The average molecular weight is 576 g/mol. The molecule has 1 atom stereocenters. The number of aromatic nitrogens is 1. The number of aryl methyl sites for hydroxylation is 1. The molecule has 2 amide bonds. The van der Waals surface area contributed by atoms with Crippen LogP contribution in [0.1, 0.15) is 29.2 Å². The molecule has 0 bridgehead atoms. The topological polar surface area (TPSA) is 180 Å². The van der Waals surface area contributed by atoms with Gasteiger partial charge in [-0.05, 0) is 36.8 Å². The van der Waals surface area contributed by atoms with Gasteiger partial charge in [-0.1, -0.05) is 29.8 Å². The van der Waals surface area contributed by atoms with Crippen molar-refractivity contribution in [1.82, 2.24) is 9.88 Å². The summed E-state index contributed by atoms with van der Waals surface area (Å²) in [6.07, 6.45) is 0.912. The summed E-state index contributed by atoms with van der Waals surface area (Å²) in [6.45, 7) is 1.07. The molecular formula is C27H30ClN3O9. The Labute approximate surface area is 234 Å². The van der Waals surface area contributed by atoms with Gasteiger partial charge in [0.15, 0.2) is 5.69 Å². The molecule has 3 aromatic rings. The van der Waals surface area contributed by atoms with E-state index >= 15 is 0 Å². The van der Waals surface area contributed by atoms with Gasteiger partial charge in [-0.15, -0.1) is 0 Å². The van der Waals surface area contributed by atoms with Gasteiger partial charge in [0.2, 0.25) is 0 Å². The maximum absolute atomic E-state index is 13.3. The Hall–Kier alpha value is -4.26. The van der Waals surface area contributed by atoms with Crippen molar-refractivity contribution in [2.45, 2.75) is 25.9 Å². The van der Waals surface area contributed by atoms with E-state index in [1.807, 2.05) is 0 Å². The molecular weight excluding hydrogens is 546 g/mol. The largest absolute Gasteiger partial charge is 0.505 e. The van der Waals surface area contributed by atoms with Crippen LogP contribution in [0.2, 0.25) is 5.02 Å². The Morgan fingerprint density at radius 1 is 1.07 bits per heavy atom. The Morgan fingerprint density at radius 2 is 1.77 bits per heavy atom. The molecule has 1 heterocycles. The van der Waals surface area contributed by atoms with E-state index in [4.69, 9.17) is 31.3 Å². The number of halogens is 1. The predicted molar refractivity (Wildman–Crippen MR) is 146 cm³/mol. The standard InChI is InChI=1S/C27H30ClN3O9/c1-16-14-31(15-19-20(28)6-3-7-22(19)40-11-9-33)26(37)24(25(16)36)30-27(38)29-21(13-23(34)35)17-4-2-5-18(12-17)39-10-8-32/h2-7,12,14,21,32-33,36H,8-11,13,15H2,1H3,(H,34,35)(H2,29,30,38)/t21-/m0/s1. The zero-order valence-corrected chi connectivity index (χ0v) is 22.3. The molecule has 13 heteroatoms. The van der Waals surface area contributed by atoms with Gasteiger partial charge in [0, 0.05) is 22.3 Å². The first-order chi connectivity index (χ1) is 19.1. The van der Waals surface area contributed by atoms with Gasteiger partial charge >= 0.3 is 12.0 Å². The number of aromatic hydroxyl groups is 1. The fourth-order valence-electron chi connectivity index (χ4n) is 3.90. The summed E-state index contributed by atoms with van der Waals surface area (Å²) >= 11 is 6.35. The summed E-state index contributed by atoms with van der Waals surface area (Å²) in [4.78, 5) is 37.8. The molecule has 1 aromatic heterocycles. The highest BCUT2D eigenvalue weighted by atomic mass is 35.5. The molecule has 12 nitrogen and oxygen atoms in total. The highest BCUT2D eigenvalue weighted by Gasteiger charge is 2.22. The van der Waals surface area contributed by atoms with Crippen molar-refractivity contribution in [1.29, 1.82) is 0 Å². The molecule has 3 rings (SSSR count). The first kappa shape index (κ1) is 30.3. The fourth-order valence-corrected chi connectivity index (χ4v) is 4.12. The first-order valence-electron chi connectivity index (χ1n) is 12.2. The van der Waals surface area contributed by atoms with Crippen LogP contribution in [0.25, 0.3) is 0 Å². The molecule has 0 aliphatic heterocycles. The lowest BCUT2D eigenvalue weighted by Gasteiger charge is -2.20. The molecule has 0 fully saturated rings. The van der Waals surface area contributed by atoms with E-state index in [9.17, 15) is 24.6 Å². The second kappa shape index (κ2) is 14.2. The number of aliphatic hydroxyl groups is 2. The lowest BCUT2D eigenvalue weighted by Crippen LogP contribution is -2.36. The summed E-state index contributed by atoms with van der Waals surface area (Å²) in [5.41, 5.74) is -0.0365. The van der Waals surface area contributed by atoms with E-state index in [1.165, 1.54) is 23.8 Å². The molecule has 40 heavy (non-hydrogen) atoms. The monoisotopic (exact) mass is 575 g/mol. The number of ether oxygens (including phenoxy) is 2. The number of aliphatic carboxylic acids is 1. The van der Waals surface area contributed by atoms with E-state index in [1.54, 1.807) is 36.4 Å². The second-order valence-electron chi connectivity index (χ2n) is 8.65. The van der Waals surface area contributed by atoms with Crippen LogP contribution < -0.4 is 25.7 Å². The van der Waals surface area contributed by atoms with Crippen LogP contribution in [0.4, 0.5) is 10.5 Å². The molecule has 0 aliphatic carbocycles. The van der Waals surface area contributed by atoms with Gasteiger partial charge < -0.3 is 45.1 Å². The SMILES string of the molecule is Cc1cn(Cc2c(Cl)cccc2OCCO)c(=O)c(NC(=O)N[C@@H](CC(=O)O)c2cccc(OCCO)c2)c1O. The predicted octanol–water partition coefficient (Wildman–Crippen LogP) is 2.64. The van der Waals surface area contributed by atoms with Crippen LogP contribution in [0, 0.1) is 6.92 Å². The number of benzene rings is 2. The fraction of sp³-hybridized carbons (Fsp3) is 0.296. The number of carbonyl (C=O) groups is 2. The Kier molecular flexibility index (Phi) is 10.8. The average Bonchev–Trinajstić information content (AvgIpc) is 2.92. The lowest BCUT2D eigenvalue weighted by molar-refractivity contribution is -0.137. The highest BCUT2D eigenvalue weighted by Crippen LogP contribution is 2.29. The molecule has 0 saturated carbocycles. The highest BCUT2D eigenvalue weighted by molar-refractivity contribution is 6.31. The smallest absolute Gasteiger partial charge is 0.319 e. The maximum Gasteiger partial charge on any atom is 0.319 e. The number of anilines is 1. The van der Waals surface area contributed by atoms with Crippen LogP contribution >= 0.6 is 11.6 Å². The molecule has 0 spiro atoms. The second-order valence-corrected chi connectivity index (χ2v) is 9.06. The van der Waals surface area contributed by atoms with Crippen molar-refractivity contribution < 1.29 is 39.5 Å². The summed E-state index contributed by atoms with van der Waals surface area (Å²) in [5, 5.41) is 43.2. The van der Waals surface area contributed by atoms with E-state index < -0.39 is 41.5 Å². The van der Waals surface area contributed by atoms with E-state index in [-0.39, 0.29) is 38.5 Å². The number of rotatable bonds is 13. The number of hydrogen-bond acceptors (Lipinski definition) is 8. The molecule has 0 radical (unpaired) electrons. The number of carbonyl (C=O) groups excluding carboxylic acids is 1. The normalized spacial score (nSPS) is 11.5. The number of carboxylic acid groups (broad SMARTS) is 1. The zero-order valence-electron chi connectivity index (χ0n) is 21.6. The number of aliphatic hydroxyl groups excluding tert-OH is 2. The minimum Gasteiger partial charge on any atom is -0.505 e. The number of hydrogen-bond donors (Lipinski definition) is 6. The van der Waals surface area contributed by atoms with Gasteiger partial charge in [-0.2, -0.15) is 0 Å². The van der Waals surface area contributed by atoms with Crippen molar-refractivity contribution in [3.63, 3.8) is 0 Å². The number of amides is 2. The maximum atomic E-state index is 13.3. The van der Waals surface area contributed by atoms with Crippen LogP contribution in [0.3, 0.4) is 0 Å². The number of urea groups is 1. The summed E-state index contributed by atoms with van der Waals surface area (Å²) < 4.78 is 12.1. The number of nitrogens with zero attached hydrogens (tertiary/aromatic N) is 1. The third kappa shape index (κ3) is 7.88. The minimum atomic E-state index is -1.19. The Balaban J connectivity index is 1.88. The molecule has 0 unspecified atom stereocenters. The van der Waals surface area contributed by atoms with Gasteiger partial charge in [0.1, 0.15) is 30.5 Å². The van der Waals surface area contributed by atoms with Gasteiger partial charge in [-0.3, -0.25) is 9.59 Å². The van der Waals surface area contributed by atoms with Gasteiger partial charge in [0.25, 0.3) is 5.56 Å².